The fourth-order valence-corrected chi connectivity index (χ4v) is 4.54. The van der Waals surface area contributed by atoms with Gasteiger partial charge in [-0.3, -0.25) is 9.98 Å². The van der Waals surface area contributed by atoms with E-state index in [4.69, 9.17) is 4.98 Å². The van der Waals surface area contributed by atoms with Crippen molar-refractivity contribution in [3.05, 3.63) is 84.0 Å². The Morgan fingerprint density at radius 2 is 1.79 bits per heavy atom. The number of piperazine rings is 1. The SMILES string of the molecule is CC1=N\C=C/CC\C=C(C2=CCc3ncc(-c4ccnc(N5CCN(C)CC5)c4)cc32)/C=C\1. The van der Waals surface area contributed by atoms with Crippen LogP contribution in [0, 0.1) is 0 Å². The summed E-state index contributed by atoms with van der Waals surface area (Å²) in [6.07, 6.45) is 19.8. The summed E-state index contributed by atoms with van der Waals surface area (Å²) in [4.78, 5) is 18.7. The van der Waals surface area contributed by atoms with Gasteiger partial charge < -0.3 is 9.80 Å². The van der Waals surface area contributed by atoms with Crippen LogP contribution in [0.1, 0.15) is 31.0 Å². The lowest BCUT2D eigenvalue weighted by atomic mass is 9.96. The van der Waals surface area contributed by atoms with E-state index in [9.17, 15) is 0 Å². The quantitative estimate of drug-likeness (QED) is 0.671. The Morgan fingerprint density at radius 1 is 0.909 bits per heavy atom. The van der Waals surface area contributed by atoms with Gasteiger partial charge in [-0.25, -0.2) is 4.98 Å². The van der Waals surface area contributed by atoms with Crippen LogP contribution in [-0.4, -0.2) is 53.8 Å². The minimum Gasteiger partial charge on any atom is -0.354 e. The molecule has 1 fully saturated rings. The maximum atomic E-state index is 4.84. The van der Waals surface area contributed by atoms with Crippen LogP contribution in [0.4, 0.5) is 5.82 Å². The molecular weight excluding hydrogens is 406 g/mol. The van der Waals surface area contributed by atoms with Gasteiger partial charge in [-0.15, -0.1) is 0 Å². The van der Waals surface area contributed by atoms with Crippen LogP contribution >= 0.6 is 0 Å². The molecule has 5 heteroatoms. The number of pyridine rings is 2. The van der Waals surface area contributed by atoms with Gasteiger partial charge in [0.25, 0.3) is 0 Å². The lowest BCUT2D eigenvalue weighted by molar-refractivity contribution is 0.312. The Labute approximate surface area is 196 Å². The number of hydrogen-bond donors (Lipinski definition) is 0. The van der Waals surface area contributed by atoms with Gasteiger partial charge in [0, 0.05) is 68.0 Å². The molecule has 168 valence electrons. The third kappa shape index (κ3) is 4.88. The number of fused-ring (bicyclic) bond motifs is 1. The number of allylic oxidation sites excluding steroid dienone is 7. The number of aliphatic imine (C=N–C) groups is 1. The minimum atomic E-state index is 0.881. The molecule has 1 aliphatic carbocycles. The second-order valence-electron chi connectivity index (χ2n) is 8.96. The Hall–Kier alpha value is -3.31. The van der Waals surface area contributed by atoms with Crippen LogP contribution < -0.4 is 4.90 Å². The predicted molar refractivity (Wildman–Crippen MR) is 138 cm³/mol. The van der Waals surface area contributed by atoms with Crippen molar-refractivity contribution in [1.82, 2.24) is 14.9 Å². The van der Waals surface area contributed by atoms with E-state index in [2.05, 4.69) is 75.4 Å². The predicted octanol–water partition coefficient (Wildman–Crippen LogP) is 5.09. The highest BCUT2D eigenvalue weighted by molar-refractivity contribution is 5.95. The molecule has 4 heterocycles. The zero-order valence-corrected chi connectivity index (χ0v) is 19.5. The normalized spacial score (nSPS) is 24.2. The van der Waals surface area contributed by atoms with Crippen LogP contribution in [-0.2, 0) is 6.42 Å². The zero-order chi connectivity index (χ0) is 22.6. The lowest BCUT2D eigenvalue weighted by Crippen LogP contribution is -2.44. The van der Waals surface area contributed by atoms with Crippen LogP contribution in [0.5, 0.6) is 0 Å². The molecule has 2 aromatic heterocycles. The molecule has 0 atom stereocenters. The second-order valence-corrected chi connectivity index (χ2v) is 8.96. The third-order valence-electron chi connectivity index (χ3n) is 6.56. The molecule has 0 saturated carbocycles. The van der Waals surface area contributed by atoms with Gasteiger partial charge in [0.15, 0.2) is 0 Å². The summed E-state index contributed by atoms with van der Waals surface area (Å²) in [6, 6.07) is 6.61. The molecule has 0 spiro atoms. The summed E-state index contributed by atoms with van der Waals surface area (Å²) < 4.78 is 0. The maximum Gasteiger partial charge on any atom is 0.129 e. The summed E-state index contributed by atoms with van der Waals surface area (Å²) in [7, 11) is 2.18. The van der Waals surface area contributed by atoms with E-state index in [1.165, 1.54) is 22.3 Å². The highest BCUT2D eigenvalue weighted by Gasteiger charge is 2.20. The number of anilines is 1. The van der Waals surface area contributed by atoms with Crippen molar-refractivity contribution in [3.63, 3.8) is 0 Å². The summed E-state index contributed by atoms with van der Waals surface area (Å²) in [5.41, 5.74) is 8.25. The molecule has 0 radical (unpaired) electrons. The molecule has 5 rings (SSSR count). The van der Waals surface area contributed by atoms with Crippen LogP contribution in [0.3, 0.4) is 0 Å². The Morgan fingerprint density at radius 3 is 2.67 bits per heavy atom. The summed E-state index contributed by atoms with van der Waals surface area (Å²) in [5.74, 6) is 1.05. The second kappa shape index (κ2) is 9.67. The largest absolute Gasteiger partial charge is 0.354 e. The van der Waals surface area contributed by atoms with Gasteiger partial charge in [0.1, 0.15) is 5.82 Å². The molecule has 0 unspecified atom stereocenters. The first kappa shape index (κ1) is 21.5. The van der Waals surface area contributed by atoms with Crippen molar-refractivity contribution < 1.29 is 0 Å². The summed E-state index contributed by atoms with van der Waals surface area (Å²) in [6.45, 7) is 6.21. The zero-order valence-electron chi connectivity index (χ0n) is 19.5. The maximum absolute atomic E-state index is 4.84. The molecular formula is C28H31N5. The monoisotopic (exact) mass is 437 g/mol. The molecule has 0 bridgehead atoms. The van der Waals surface area contributed by atoms with Crippen LogP contribution in [0.2, 0.25) is 0 Å². The third-order valence-corrected chi connectivity index (χ3v) is 6.56. The van der Waals surface area contributed by atoms with Crippen molar-refractivity contribution in [1.29, 1.82) is 0 Å². The van der Waals surface area contributed by atoms with Crippen molar-refractivity contribution in [2.24, 2.45) is 4.99 Å². The first-order chi connectivity index (χ1) is 16.2. The average Bonchev–Trinajstić information content (AvgIpc) is 3.27. The molecule has 0 amide bonds. The number of rotatable bonds is 3. The first-order valence-corrected chi connectivity index (χ1v) is 11.8. The van der Waals surface area contributed by atoms with Crippen molar-refractivity contribution >= 4 is 17.1 Å². The fourth-order valence-electron chi connectivity index (χ4n) is 4.54. The molecule has 1 saturated heterocycles. The van der Waals surface area contributed by atoms with Crippen molar-refractivity contribution in [3.8, 4) is 11.1 Å². The lowest BCUT2D eigenvalue weighted by Gasteiger charge is -2.33. The van der Waals surface area contributed by atoms with E-state index in [0.717, 1.165) is 68.2 Å². The highest BCUT2D eigenvalue weighted by atomic mass is 15.3. The van der Waals surface area contributed by atoms with Gasteiger partial charge in [-0.2, -0.15) is 0 Å². The van der Waals surface area contributed by atoms with Gasteiger partial charge >= 0.3 is 0 Å². The standard InChI is InChI=1S/C28H31N5/c1-21-7-8-22(6-4-3-5-12-29-21)25-9-10-27-26(25)18-24(20-31-27)23-11-13-30-28(19-23)33-16-14-32(2)15-17-33/h5-9,11-13,18-20H,3-4,10,14-17H2,1-2H3/b8-7-,12-5-,22-6+,29-21+. The minimum absolute atomic E-state index is 0.881. The molecule has 0 N–H and O–H groups in total. The molecule has 33 heavy (non-hydrogen) atoms. The molecule has 2 aliphatic heterocycles. The molecule has 0 aromatic carbocycles. The number of aromatic nitrogens is 2. The van der Waals surface area contributed by atoms with Crippen molar-refractivity contribution in [2.75, 3.05) is 38.1 Å². The Kier molecular flexibility index (Phi) is 6.31. The van der Waals surface area contributed by atoms with Crippen LogP contribution in [0.15, 0.2) is 77.7 Å². The van der Waals surface area contributed by atoms with E-state index in [1.807, 2.05) is 25.5 Å². The Balaban J connectivity index is 1.44. The van der Waals surface area contributed by atoms with E-state index in [-0.39, 0.29) is 0 Å². The number of hydrogen-bond acceptors (Lipinski definition) is 5. The molecule has 2 aromatic rings. The van der Waals surface area contributed by atoms with E-state index < -0.39 is 0 Å². The van der Waals surface area contributed by atoms with E-state index in [1.54, 1.807) is 0 Å². The van der Waals surface area contributed by atoms with E-state index in [0.29, 0.717) is 0 Å². The van der Waals surface area contributed by atoms with Gasteiger partial charge in [0.05, 0.1) is 5.69 Å². The van der Waals surface area contributed by atoms with Gasteiger partial charge in [-0.1, -0.05) is 24.3 Å². The summed E-state index contributed by atoms with van der Waals surface area (Å²) in [5, 5.41) is 0. The highest BCUT2D eigenvalue weighted by Crippen LogP contribution is 2.36. The van der Waals surface area contributed by atoms with E-state index >= 15 is 0 Å². The molecule has 3 aliphatic rings. The summed E-state index contributed by atoms with van der Waals surface area (Å²) >= 11 is 0. The topological polar surface area (TPSA) is 44.6 Å². The fraction of sp³-hybridized carbons (Fsp3) is 0.321. The smallest absolute Gasteiger partial charge is 0.129 e. The number of likely N-dealkylation sites (N-methyl/N-ethyl adjacent to an activating group) is 1. The molecule has 5 nitrogen and oxygen atoms in total. The van der Waals surface area contributed by atoms with Crippen molar-refractivity contribution in [2.45, 2.75) is 26.2 Å². The average molecular weight is 438 g/mol. The Bertz CT molecular complexity index is 1180. The van der Waals surface area contributed by atoms with Crippen LogP contribution in [0.25, 0.3) is 16.7 Å². The van der Waals surface area contributed by atoms with Gasteiger partial charge in [0.2, 0.25) is 0 Å². The van der Waals surface area contributed by atoms with Gasteiger partial charge in [-0.05, 0) is 67.8 Å². The number of nitrogens with zero attached hydrogens (tertiary/aromatic N) is 5. The first-order valence-electron chi connectivity index (χ1n) is 11.8.